The van der Waals surface area contributed by atoms with Crippen LogP contribution in [0.1, 0.15) is 21.5 Å². The van der Waals surface area contributed by atoms with E-state index in [0.29, 0.717) is 16.8 Å². The van der Waals surface area contributed by atoms with Crippen LogP contribution in [-0.2, 0) is 17.8 Å². The number of halogens is 1. The number of carboxylic acids is 1. The molecule has 6 heteroatoms. The molecule has 1 amide bonds. The Balaban J connectivity index is 1.47. The van der Waals surface area contributed by atoms with Crippen LogP contribution in [0.3, 0.4) is 0 Å². The minimum absolute atomic E-state index is 0.157. The van der Waals surface area contributed by atoms with Gasteiger partial charge in [-0.25, -0.2) is 4.79 Å². The van der Waals surface area contributed by atoms with Gasteiger partial charge in [0.25, 0.3) is 5.91 Å². The van der Waals surface area contributed by atoms with E-state index in [2.05, 4.69) is 21.2 Å². The van der Waals surface area contributed by atoms with Crippen molar-refractivity contribution in [3.05, 3.63) is 124 Å². The molecule has 0 radical (unpaired) electrons. The van der Waals surface area contributed by atoms with Crippen molar-refractivity contribution in [2.45, 2.75) is 19.1 Å². The molecule has 1 atom stereocenters. The van der Waals surface area contributed by atoms with Crippen molar-refractivity contribution >= 4 is 27.8 Å². The second kappa shape index (κ2) is 11.5. The SMILES string of the molecule is O=C(NC(Cc1ccc(-c2ccccc2)cc1)C(=O)O)c1cc(Br)ccc1OCc1ccccc1. The molecule has 0 fully saturated rings. The monoisotopic (exact) mass is 529 g/mol. The van der Waals surface area contributed by atoms with Crippen LogP contribution in [0, 0.1) is 0 Å². The molecular formula is C29H24BrNO4. The lowest BCUT2D eigenvalue weighted by Crippen LogP contribution is -2.42. The van der Waals surface area contributed by atoms with Crippen LogP contribution in [0.2, 0.25) is 0 Å². The van der Waals surface area contributed by atoms with Crippen molar-refractivity contribution < 1.29 is 19.4 Å². The molecule has 0 heterocycles. The topological polar surface area (TPSA) is 75.6 Å². The first-order chi connectivity index (χ1) is 17.0. The third-order valence-electron chi connectivity index (χ3n) is 5.53. The molecule has 0 aromatic heterocycles. The Morgan fingerprint density at radius 3 is 2.09 bits per heavy atom. The van der Waals surface area contributed by atoms with Crippen molar-refractivity contribution in [2.75, 3.05) is 0 Å². The van der Waals surface area contributed by atoms with Gasteiger partial charge in [0.1, 0.15) is 18.4 Å². The van der Waals surface area contributed by atoms with Crippen molar-refractivity contribution in [1.29, 1.82) is 0 Å². The number of hydrogen-bond acceptors (Lipinski definition) is 3. The summed E-state index contributed by atoms with van der Waals surface area (Å²) in [5, 5.41) is 12.4. The van der Waals surface area contributed by atoms with E-state index in [9.17, 15) is 14.7 Å². The highest BCUT2D eigenvalue weighted by atomic mass is 79.9. The molecule has 35 heavy (non-hydrogen) atoms. The Morgan fingerprint density at radius 1 is 0.800 bits per heavy atom. The molecule has 2 N–H and O–H groups in total. The van der Waals surface area contributed by atoms with Gasteiger partial charge in [-0.3, -0.25) is 4.79 Å². The summed E-state index contributed by atoms with van der Waals surface area (Å²) < 4.78 is 6.58. The van der Waals surface area contributed by atoms with Crippen molar-refractivity contribution in [3.8, 4) is 16.9 Å². The lowest BCUT2D eigenvalue weighted by molar-refractivity contribution is -0.139. The van der Waals surface area contributed by atoms with Crippen LogP contribution in [0.5, 0.6) is 5.75 Å². The predicted octanol–water partition coefficient (Wildman–Crippen LogP) is 6.12. The summed E-state index contributed by atoms with van der Waals surface area (Å²) in [6.45, 7) is 0.291. The van der Waals surface area contributed by atoms with E-state index < -0.39 is 17.9 Å². The molecule has 1 unspecified atom stereocenters. The van der Waals surface area contributed by atoms with Gasteiger partial charge in [-0.2, -0.15) is 0 Å². The maximum absolute atomic E-state index is 13.1. The third-order valence-corrected chi connectivity index (χ3v) is 6.02. The summed E-state index contributed by atoms with van der Waals surface area (Å²) in [6, 6.07) is 31.2. The number of carbonyl (C=O) groups is 2. The number of carbonyl (C=O) groups excluding carboxylic acids is 1. The van der Waals surface area contributed by atoms with E-state index in [-0.39, 0.29) is 12.0 Å². The van der Waals surface area contributed by atoms with Crippen LogP contribution in [0.15, 0.2) is 108 Å². The maximum atomic E-state index is 13.1. The number of aliphatic carboxylic acids is 1. The fraction of sp³-hybridized carbons (Fsp3) is 0.103. The van der Waals surface area contributed by atoms with Gasteiger partial charge < -0.3 is 15.2 Å². The number of hydrogen-bond donors (Lipinski definition) is 2. The molecule has 0 aliphatic rings. The van der Waals surface area contributed by atoms with E-state index in [0.717, 1.165) is 22.3 Å². The van der Waals surface area contributed by atoms with E-state index in [1.807, 2.05) is 84.9 Å². The average molecular weight is 530 g/mol. The zero-order valence-electron chi connectivity index (χ0n) is 18.9. The zero-order chi connectivity index (χ0) is 24.6. The van der Waals surface area contributed by atoms with Crippen LogP contribution in [0.4, 0.5) is 0 Å². The highest BCUT2D eigenvalue weighted by Crippen LogP contribution is 2.25. The number of benzene rings is 4. The highest BCUT2D eigenvalue weighted by Gasteiger charge is 2.23. The third kappa shape index (κ3) is 6.58. The van der Waals surface area contributed by atoms with E-state index >= 15 is 0 Å². The average Bonchev–Trinajstić information content (AvgIpc) is 2.89. The van der Waals surface area contributed by atoms with Gasteiger partial charge in [-0.15, -0.1) is 0 Å². The summed E-state index contributed by atoms with van der Waals surface area (Å²) in [6.07, 6.45) is 0.157. The largest absolute Gasteiger partial charge is 0.488 e. The second-order valence-corrected chi connectivity index (χ2v) is 8.96. The summed E-state index contributed by atoms with van der Waals surface area (Å²) in [5.74, 6) is -1.24. The van der Waals surface area contributed by atoms with Gasteiger partial charge in [0.15, 0.2) is 0 Å². The molecule has 5 nitrogen and oxygen atoms in total. The van der Waals surface area contributed by atoms with Gasteiger partial charge in [0.2, 0.25) is 0 Å². The lowest BCUT2D eigenvalue weighted by Gasteiger charge is -2.17. The van der Waals surface area contributed by atoms with Gasteiger partial charge >= 0.3 is 5.97 Å². The van der Waals surface area contributed by atoms with Crippen LogP contribution < -0.4 is 10.1 Å². The smallest absolute Gasteiger partial charge is 0.326 e. The summed E-state index contributed by atoms with van der Waals surface area (Å²) in [5.41, 5.74) is 4.16. The van der Waals surface area contributed by atoms with E-state index in [1.165, 1.54) is 0 Å². The van der Waals surface area contributed by atoms with Crippen LogP contribution in [0.25, 0.3) is 11.1 Å². The Bertz CT molecular complexity index is 1290. The van der Waals surface area contributed by atoms with Gasteiger partial charge in [-0.05, 0) is 40.5 Å². The quantitative estimate of drug-likeness (QED) is 0.274. The molecule has 0 spiro atoms. The maximum Gasteiger partial charge on any atom is 0.326 e. The van der Waals surface area contributed by atoms with Gasteiger partial charge in [-0.1, -0.05) is 101 Å². The normalized spacial score (nSPS) is 11.5. The Morgan fingerprint density at radius 2 is 1.43 bits per heavy atom. The van der Waals surface area contributed by atoms with Crippen molar-refractivity contribution in [2.24, 2.45) is 0 Å². The molecule has 4 rings (SSSR count). The summed E-state index contributed by atoms with van der Waals surface area (Å²) in [7, 11) is 0. The summed E-state index contributed by atoms with van der Waals surface area (Å²) >= 11 is 3.38. The predicted molar refractivity (Wildman–Crippen MR) is 139 cm³/mol. The van der Waals surface area contributed by atoms with Crippen molar-refractivity contribution in [3.63, 3.8) is 0 Å². The molecule has 0 aliphatic heterocycles. The van der Waals surface area contributed by atoms with Crippen molar-refractivity contribution in [1.82, 2.24) is 5.32 Å². The van der Waals surface area contributed by atoms with Gasteiger partial charge in [0, 0.05) is 10.9 Å². The van der Waals surface area contributed by atoms with E-state index in [4.69, 9.17) is 4.74 Å². The Labute approximate surface area is 212 Å². The number of carboxylic acid groups (broad SMARTS) is 1. The molecule has 0 saturated carbocycles. The van der Waals surface area contributed by atoms with E-state index in [1.54, 1.807) is 18.2 Å². The number of rotatable bonds is 9. The molecule has 0 bridgehead atoms. The molecule has 4 aromatic rings. The minimum Gasteiger partial charge on any atom is -0.488 e. The number of nitrogens with one attached hydrogen (secondary N) is 1. The first-order valence-corrected chi connectivity index (χ1v) is 11.9. The Kier molecular flexibility index (Phi) is 7.95. The van der Waals surface area contributed by atoms with Gasteiger partial charge in [0.05, 0.1) is 5.56 Å². The molecule has 0 saturated heterocycles. The first-order valence-electron chi connectivity index (χ1n) is 11.1. The standard InChI is InChI=1S/C29H24BrNO4/c30-24-15-16-27(35-19-21-7-3-1-4-8-21)25(18-24)28(32)31-26(29(33)34)17-20-11-13-23(14-12-20)22-9-5-2-6-10-22/h1-16,18,26H,17,19H2,(H,31,32)(H,33,34). The lowest BCUT2D eigenvalue weighted by atomic mass is 10.0. The zero-order valence-corrected chi connectivity index (χ0v) is 20.4. The van der Waals surface area contributed by atoms with Crippen LogP contribution >= 0.6 is 15.9 Å². The Hall–Kier alpha value is -3.90. The minimum atomic E-state index is -1.10. The van der Waals surface area contributed by atoms with Crippen LogP contribution in [-0.4, -0.2) is 23.0 Å². The number of amides is 1. The summed E-state index contributed by atoms with van der Waals surface area (Å²) in [4.78, 5) is 25.1. The fourth-order valence-corrected chi connectivity index (χ4v) is 4.04. The molecular weight excluding hydrogens is 506 g/mol. The second-order valence-electron chi connectivity index (χ2n) is 8.05. The fourth-order valence-electron chi connectivity index (χ4n) is 3.68. The highest BCUT2D eigenvalue weighted by molar-refractivity contribution is 9.10. The number of ether oxygens (including phenoxy) is 1. The first kappa shape index (κ1) is 24.2. The molecule has 0 aliphatic carbocycles. The molecule has 176 valence electrons. The molecule has 4 aromatic carbocycles.